The number of carbonyl (C=O) groups excluding carboxylic acids is 1. The largest absolute Gasteiger partial charge is 0.497 e. The number of nitrogens with zero attached hydrogens (tertiary/aromatic N) is 2. The smallest absolute Gasteiger partial charge is 0.250 e. The highest BCUT2D eigenvalue weighted by atomic mass is 32.2. The lowest BCUT2D eigenvalue weighted by Gasteiger charge is -1.99. The van der Waals surface area contributed by atoms with E-state index in [1.165, 1.54) is 28.5 Å². The number of anilines is 1. The summed E-state index contributed by atoms with van der Waals surface area (Å²) in [5.74, 6) is 1.36. The van der Waals surface area contributed by atoms with Crippen LogP contribution in [0.15, 0.2) is 58.9 Å². The average molecular weight is 398 g/mol. The number of hydrogen-bond acceptors (Lipinski definition) is 6. The van der Waals surface area contributed by atoms with Crippen molar-refractivity contribution in [3.8, 4) is 5.75 Å². The standard InChI is InChI=1S/C20H19N3O2S2/c1-14-3-5-16(6-4-14)13-26-20-23-22-19(27-20)21-18(24)12-9-15-7-10-17(25-2)11-8-15/h3-12H,13H2,1-2H3,(H,21,22,24). The van der Waals surface area contributed by atoms with Crippen LogP contribution in [-0.2, 0) is 10.5 Å². The van der Waals surface area contributed by atoms with Crippen LogP contribution in [-0.4, -0.2) is 23.2 Å². The predicted octanol–water partition coefficient (Wildman–Crippen LogP) is 4.80. The number of rotatable bonds is 7. The molecule has 1 aromatic heterocycles. The van der Waals surface area contributed by atoms with Crippen molar-refractivity contribution >= 4 is 40.2 Å². The SMILES string of the molecule is COc1ccc(C=CC(=O)Nc2nnc(SCc3ccc(C)cc3)s2)cc1. The van der Waals surface area contributed by atoms with E-state index in [9.17, 15) is 4.79 Å². The number of methoxy groups -OCH3 is 1. The molecule has 0 radical (unpaired) electrons. The number of thioether (sulfide) groups is 1. The van der Waals surface area contributed by atoms with Gasteiger partial charge in [0, 0.05) is 11.8 Å². The van der Waals surface area contributed by atoms with Crippen LogP contribution in [0.3, 0.4) is 0 Å². The van der Waals surface area contributed by atoms with Gasteiger partial charge >= 0.3 is 0 Å². The Labute approximate surface area is 166 Å². The molecule has 3 aromatic rings. The molecule has 0 aliphatic heterocycles. The summed E-state index contributed by atoms with van der Waals surface area (Å²) in [5, 5.41) is 11.4. The zero-order valence-corrected chi connectivity index (χ0v) is 16.6. The summed E-state index contributed by atoms with van der Waals surface area (Å²) in [6.07, 6.45) is 3.21. The Bertz CT molecular complexity index is 919. The van der Waals surface area contributed by atoms with Gasteiger partial charge in [-0.15, -0.1) is 10.2 Å². The van der Waals surface area contributed by atoms with Crippen molar-refractivity contribution in [1.82, 2.24) is 10.2 Å². The lowest BCUT2D eigenvalue weighted by Crippen LogP contribution is -2.07. The van der Waals surface area contributed by atoms with Crippen LogP contribution in [0.25, 0.3) is 6.08 Å². The van der Waals surface area contributed by atoms with Crippen molar-refractivity contribution in [2.75, 3.05) is 12.4 Å². The second-order valence-electron chi connectivity index (χ2n) is 5.74. The fourth-order valence-corrected chi connectivity index (χ4v) is 3.89. The zero-order chi connectivity index (χ0) is 19.1. The number of nitrogens with one attached hydrogen (secondary N) is 1. The fourth-order valence-electron chi connectivity index (χ4n) is 2.18. The van der Waals surface area contributed by atoms with Gasteiger partial charge in [-0.05, 0) is 36.3 Å². The summed E-state index contributed by atoms with van der Waals surface area (Å²) >= 11 is 2.97. The Morgan fingerprint density at radius 3 is 2.59 bits per heavy atom. The molecule has 0 bridgehead atoms. The molecule has 2 aromatic carbocycles. The second-order valence-corrected chi connectivity index (χ2v) is 7.94. The van der Waals surface area contributed by atoms with Crippen molar-refractivity contribution in [1.29, 1.82) is 0 Å². The van der Waals surface area contributed by atoms with Crippen LogP contribution in [0.2, 0.25) is 0 Å². The number of aryl methyl sites for hydroxylation is 1. The minimum absolute atomic E-state index is 0.239. The summed E-state index contributed by atoms with van der Waals surface area (Å²) in [6, 6.07) is 15.9. The summed E-state index contributed by atoms with van der Waals surface area (Å²) in [7, 11) is 1.62. The molecule has 138 valence electrons. The highest BCUT2D eigenvalue weighted by Gasteiger charge is 2.07. The van der Waals surface area contributed by atoms with Crippen LogP contribution in [0.4, 0.5) is 5.13 Å². The third-order valence-electron chi connectivity index (χ3n) is 3.66. The highest BCUT2D eigenvalue weighted by Crippen LogP contribution is 2.28. The van der Waals surface area contributed by atoms with Gasteiger partial charge in [-0.2, -0.15) is 0 Å². The lowest BCUT2D eigenvalue weighted by molar-refractivity contribution is -0.111. The number of ether oxygens (including phenoxy) is 1. The molecule has 27 heavy (non-hydrogen) atoms. The first-order valence-electron chi connectivity index (χ1n) is 8.27. The molecular formula is C20H19N3O2S2. The van der Waals surface area contributed by atoms with E-state index in [-0.39, 0.29) is 5.91 Å². The van der Waals surface area contributed by atoms with Gasteiger partial charge in [-0.1, -0.05) is 65.1 Å². The van der Waals surface area contributed by atoms with Crippen molar-refractivity contribution in [2.24, 2.45) is 0 Å². The summed E-state index contributed by atoms with van der Waals surface area (Å²) in [5.41, 5.74) is 3.39. The topological polar surface area (TPSA) is 64.1 Å². The molecule has 0 fully saturated rings. The molecular weight excluding hydrogens is 378 g/mol. The molecule has 0 aliphatic rings. The van der Waals surface area contributed by atoms with E-state index in [2.05, 4.69) is 46.7 Å². The molecule has 7 heteroatoms. The lowest BCUT2D eigenvalue weighted by atomic mass is 10.2. The van der Waals surface area contributed by atoms with E-state index in [1.807, 2.05) is 24.3 Å². The molecule has 3 rings (SSSR count). The van der Waals surface area contributed by atoms with E-state index in [4.69, 9.17) is 4.74 Å². The van der Waals surface area contributed by atoms with Gasteiger partial charge in [-0.3, -0.25) is 10.1 Å². The maximum Gasteiger partial charge on any atom is 0.250 e. The number of aromatic nitrogens is 2. The van der Waals surface area contributed by atoms with Crippen LogP contribution in [0, 0.1) is 6.92 Å². The van der Waals surface area contributed by atoms with Gasteiger partial charge in [0.25, 0.3) is 0 Å². The fraction of sp³-hybridized carbons (Fsp3) is 0.150. The number of amides is 1. The molecule has 0 saturated carbocycles. The zero-order valence-electron chi connectivity index (χ0n) is 15.0. The second kappa shape index (κ2) is 9.34. The van der Waals surface area contributed by atoms with Gasteiger partial charge in [-0.25, -0.2) is 0 Å². The molecule has 1 heterocycles. The van der Waals surface area contributed by atoms with Gasteiger partial charge in [0.05, 0.1) is 7.11 Å². The number of benzene rings is 2. The van der Waals surface area contributed by atoms with Crippen LogP contribution in [0.1, 0.15) is 16.7 Å². The summed E-state index contributed by atoms with van der Waals surface area (Å²) < 4.78 is 5.93. The Hall–Kier alpha value is -2.64. The number of hydrogen-bond donors (Lipinski definition) is 1. The maximum atomic E-state index is 12.0. The van der Waals surface area contributed by atoms with Crippen molar-refractivity contribution in [3.05, 3.63) is 71.3 Å². The predicted molar refractivity (Wildman–Crippen MR) is 111 cm³/mol. The molecule has 0 saturated heterocycles. The van der Waals surface area contributed by atoms with Gasteiger partial charge in [0.2, 0.25) is 11.0 Å². The van der Waals surface area contributed by atoms with Gasteiger partial charge < -0.3 is 4.74 Å². The highest BCUT2D eigenvalue weighted by molar-refractivity contribution is 8.00. The minimum Gasteiger partial charge on any atom is -0.497 e. The van der Waals surface area contributed by atoms with E-state index < -0.39 is 0 Å². The Balaban J connectivity index is 1.51. The maximum absolute atomic E-state index is 12.0. The third kappa shape index (κ3) is 5.94. The Morgan fingerprint density at radius 1 is 1.15 bits per heavy atom. The van der Waals surface area contributed by atoms with Crippen molar-refractivity contribution in [2.45, 2.75) is 17.0 Å². The van der Waals surface area contributed by atoms with Crippen molar-refractivity contribution < 1.29 is 9.53 Å². The van der Waals surface area contributed by atoms with Gasteiger partial charge in [0.15, 0.2) is 4.34 Å². The van der Waals surface area contributed by atoms with Crippen LogP contribution >= 0.6 is 23.1 Å². The molecule has 0 atom stereocenters. The molecule has 5 nitrogen and oxygen atoms in total. The van der Waals surface area contributed by atoms with E-state index in [0.29, 0.717) is 5.13 Å². The van der Waals surface area contributed by atoms with Gasteiger partial charge in [0.1, 0.15) is 5.75 Å². The van der Waals surface area contributed by atoms with E-state index in [1.54, 1.807) is 24.9 Å². The summed E-state index contributed by atoms with van der Waals surface area (Å²) in [6.45, 7) is 2.07. The Kier molecular flexibility index (Phi) is 6.62. The quantitative estimate of drug-likeness (QED) is 0.352. The monoisotopic (exact) mass is 397 g/mol. The number of carbonyl (C=O) groups is 1. The van der Waals surface area contributed by atoms with Crippen molar-refractivity contribution in [3.63, 3.8) is 0 Å². The summed E-state index contributed by atoms with van der Waals surface area (Å²) in [4.78, 5) is 12.0. The minimum atomic E-state index is -0.239. The van der Waals surface area contributed by atoms with E-state index in [0.717, 1.165) is 21.4 Å². The molecule has 0 aliphatic carbocycles. The first-order chi connectivity index (χ1) is 13.1. The average Bonchev–Trinajstić information content (AvgIpc) is 3.13. The van der Waals surface area contributed by atoms with Crippen LogP contribution in [0.5, 0.6) is 5.75 Å². The Morgan fingerprint density at radius 2 is 1.89 bits per heavy atom. The normalized spacial score (nSPS) is 10.9. The third-order valence-corrected chi connectivity index (χ3v) is 5.71. The van der Waals surface area contributed by atoms with E-state index >= 15 is 0 Å². The first kappa shape index (κ1) is 19.1. The molecule has 1 N–H and O–H groups in total. The van der Waals surface area contributed by atoms with Crippen LogP contribution < -0.4 is 10.1 Å². The first-order valence-corrected chi connectivity index (χ1v) is 10.1. The molecule has 0 spiro atoms. The molecule has 1 amide bonds. The molecule has 0 unspecified atom stereocenters.